The molecule has 1 aliphatic rings. The predicted molar refractivity (Wildman–Crippen MR) is 77.8 cm³/mol. The van der Waals surface area contributed by atoms with Crippen molar-refractivity contribution in [2.75, 3.05) is 0 Å². The van der Waals surface area contributed by atoms with Crippen molar-refractivity contribution in [3.05, 3.63) is 46.0 Å². The monoisotopic (exact) mass is 320 g/mol. The number of aryl methyl sites for hydroxylation is 2. The fourth-order valence-electron chi connectivity index (χ4n) is 2.60. The van der Waals surface area contributed by atoms with Gasteiger partial charge in [-0.2, -0.15) is 0 Å². The lowest BCUT2D eigenvalue weighted by molar-refractivity contribution is 0.447. The number of hydrogen-bond donors (Lipinski definition) is 1. The molecule has 19 heavy (non-hydrogen) atoms. The zero-order chi connectivity index (χ0) is 13.2. The van der Waals surface area contributed by atoms with Gasteiger partial charge in [-0.1, -0.05) is 22.0 Å². The predicted octanol–water partition coefficient (Wildman–Crippen LogP) is 2.22. The smallest absolute Gasteiger partial charge is 0.146 e. The maximum Gasteiger partial charge on any atom is 0.146 e. The van der Waals surface area contributed by atoms with E-state index in [9.17, 15) is 0 Å². The fraction of sp³-hybridized carbons (Fsp3) is 0.429. The van der Waals surface area contributed by atoms with Crippen molar-refractivity contribution in [1.29, 1.82) is 0 Å². The summed E-state index contributed by atoms with van der Waals surface area (Å²) in [4.78, 5) is 0. The summed E-state index contributed by atoms with van der Waals surface area (Å²) in [5, 5.41) is 11.6. The van der Waals surface area contributed by atoms with Crippen LogP contribution in [0.2, 0.25) is 0 Å². The summed E-state index contributed by atoms with van der Waals surface area (Å²) in [5.74, 6) is 0.988. The summed E-state index contributed by atoms with van der Waals surface area (Å²) in [7, 11) is 1.98. The van der Waals surface area contributed by atoms with Gasteiger partial charge in [0.05, 0.1) is 6.54 Å². The van der Waals surface area contributed by atoms with E-state index in [1.54, 1.807) is 6.33 Å². The van der Waals surface area contributed by atoms with Crippen LogP contribution in [-0.2, 0) is 26.4 Å². The van der Waals surface area contributed by atoms with Crippen LogP contribution >= 0.6 is 15.9 Å². The highest BCUT2D eigenvalue weighted by atomic mass is 79.9. The second-order valence-corrected chi connectivity index (χ2v) is 6.01. The van der Waals surface area contributed by atoms with Gasteiger partial charge in [-0.3, -0.25) is 0 Å². The Balaban J connectivity index is 1.63. The van der Waals surface area contributed by atoms with Crippen LogP contribution in [-0.4, -0.2) is 20.8 Å². The molecule has 4 nitrogen and oxygen atoms in total. The van der Waals surface area contributed by atoms with Crippen molar-refractivity contribution in [3.63, 3.8) is 0 Å². The third-order valence-corrected chi connectivity index (χ3v) is 4.24. The van der Waals surface area contributed by atoms with Gasteiger partial charge in [0.15, 0.2) is 0 Å². The molecule has 0 fully saturated rings. The normalized spacial score (nSPS) is 18.3. The third kappa shape index (κ3) is 2.87. The molecule has 1 unspecified atom stereocenters. The number of benzene rings is 1. The van der Waals surface area contributed by atoms with Gasteiger partial charge in [-0.15, -0.1) is 10.2 Å². The molecular weight excluding hydrogens is 304 g/mol. The van der Waals surface area contributed by atoms with Gasteiger partial charge in [-0.05, 0) is 42.5 Å². The van der Waals surface area contributed by atoms with E-state index in [0.717, 1.165) is 25.2 Å². The molecule has 1 heterocycles. The first-order chi connectivity index (χ1) is 9.22. The summed E-state index contributed by atoms with van der Waals surface area (Å²) < 4.78 is 3.14. The molecule has 3 rings (SSSR count). The highest BCUT2D eigenvalue weighted by Gasteiger charge is 2.18. The lowest BCUT2D eigenvalue weighted by Crippen LogP contribution is -2.34. The van der Waals surface area contributed by atoms with Gasteiger partial charge in [0.1, 0.15) is 12.2 Å². The Morgan fingerprint density at radius 3 is 3.11 bits per heavy atom. The minimum Gasteiger partial charge on any atom is -0.320 e. The molecule has 1 atom stereocenters. The van der Waals surface area contributed by atoms with Crippen LogP contribution in [0.4, 0.5) is 0 Å². The van der Waals surface area contributed by atoms with Crippen LogP contribution in [0.15, 0.2) is 29.0 Å². The Bertz CT molecular complexity index is 579. The average Bonchev–Trinajstić information content (AvgIpc) is 2.82. The number of hydrogen-bond acceptors (Lipinski definition) is 3. The molecule has 0 amide bonds. The molecule has 0 aliphatic heterocycles. The Morgan fingerprint density at radius 2 is 2.32 bits per heavy atom. The molecule has 0 bridgehead atoms. The Morgan fingerprint density at radius 1 is 1.42 bits per heavy atom. The topological polar surface area (TPSA) is 42.7 Å². The number of nitrogens with zero attached hydrogens (tertiary/aromatic N) is 3. The van der Waals surface area contributed by atoms with Crippen molar-refractivity contribution in [2.24, 2.45) is 7.05 Å². The van der Waals surface area contributed by atoms with Gasteiger partial charge in [0, 0.05) is 17.6 Å². The van der Waals surface area contributed by atoms with E-state index in [4.69, 9.17) is 0 Å². The molecule has 0 saturated carbocycles. The Kier molecular flexibility index (Phi) is 3.66. The van der Waals surface area contributed by atoms with Gasteiger partial charge >= 0.3 is 0 Å². The second-order valence-electron chi connectivity index (χ2n) is 5.09. The van der Waals surface area contributed by atoms with Crippen molar-refractivity contribution in [3.8, 4) is 0 Å². The minimum absolute atomic E-state index is 0.533. The van der Waals surface area contributed by atoms with E-state index in [1.165, 1.54) is 22.0 Å². The van der Waals surface area contributed by atoms with Gasteiger partial charge in [0.2, 0.25) is 0 Å². The van der Waals surface area contributed by atoms with E-state index >= 15 is 0 Å². The quantitative estimate of drug-likeness (QED) is 0.943. The molecule has 0 radical (unpaired) electrons. The van der Waals surface area contributed by atoms with Crippen molar-refractivity contribution >= 4 is 15.9 Å². The number of rotatable bonds is 3. The lowest BCUT2D eigenvalue weighted by Gasteiger charge is -2.25. The zero-order valence-electron chi connectivity index (χ0n) is 10.9. The van der Waals surface area contributed by atoms with E-state index in [0.29, 0.717) is 6.04 Å². The summed E-state index contributed by atoms with van der Waals surface area (Å²) in [6.07, 6.45) is 5.16. The minimum atomic E-state index is 0.533. The summed E-state index contributed by atoms with van der Waals surface area (Å²) in [5.41, 5.74) is 2.94. The lowest BCUT2D eigenvalue weighted by atomic mass is 9.88. The molecule has 5 heteroatoms. The molecular formula is C14H17BrN4. The molecule has 2 aromatic rings. The summed E-state index contributed by atoms with van der Waals surface area (Å²) in [6, 6.07) is 7.14. The van der Waals surface area contributed by atoms with Gasteiger partial charge < -0.3 is 9.88 Å². The highest BCUT2D eigenvalue weighted by molar-refractivity contribution is 9.10. The molecule has 0 saturated heterocycles. The Hall–Kier alpha value is -1.20. The maximum atomic E-state index is 4.10. The van der Waals surface area contributed by atoms with E-state index in [-0.39, 0.29) is 0 Å². The van der Waals surface area contributed by atoms with E-state index < -0.39 is 0 Å². The van der Waals surface area contributed by atoms with Crippen LogP contribution in [0.3, 0.4) is 0 Å². The first-order valence-corrected chi connectivity index (χ1v) is 7.35. The standard InChI is InChI=1S/C14H17BrN4/c1-19-9-17-18-14(19)8-16-13-5-3-10-6-12(15)4-2-11(10)7-13/h2,4,6,9,13,16H,3,5,7-8H2,1H3. The first kappa shape index (κ1) is 12.8. The van der Waals surface area contributed by atoms with Crippen LogP contribution in [0, 0.1) is 0 Å². The fourth-order valence-corrected chi connectivity index (χ4v) is 3.01. The second kappa shape index (κ2) is 5.43. The Labute approximate surface area is 121 Å². The summed E-state index contributed by atoms with van der Waals surface area (Å²) >= 11 is 3.54. The maximum absolute atomic E-state index is 4.10. The number of aromatic nitrogens is 3. The van der Waals surface area contributed by atoms with Crippen molar-refractivity contribution in [1.82, 2.24) is 20.1 Å². The number of fused-ring (bicyclic) bond motifs is 1. The summed E-state index contributed by atoms with van der Waals surface area (Å²) in [6.45, 7) is 0.785. The average molecular weight is 321 g/mol. The first-order valence-electron chi connectivity index (χ1n) is 6.56. The molecule has 1 aromatic heterocycles. The van der Waals surface area contributed by atoms with Crippen molar-refractivity contribution in [2.45, 2.75) is 31.8 Å². The molecule has 1 N–H and O–H groups in total. The number of halogens is 1. The zero-order valence-corrected chi connectivity index (χ0v) is 12.5. The molecule has 1 aromatic carbocycles. The third-order valence-electron chi connectivity index (χ3n) is 3.75. The van der Waals surface area contributed by atoms with E-state index in [1.807, 2.05) is 11.6 Å². The molecule has 100 valence electrons. The molecule has 0 spiro atoms. The van der Waals surface area contributed by atoms with Crippen LogP contribution in [0.1, 0.15) is 23.4 Å². The molecule has 1 aliphatic carbocycles. The largest absolute Gasteiger partial charge is 0.320 e. The number of nitrogens with one attached hydrogen (secondary N) is 1. The highest BCUT2D eigenvalue weighted by Crippen LogP contribution is 2.24. The van der Waals surface area contributed by atoms with Gasteiger partial charge in [-0.25, -0.2) is 0 Å². The van der Waals surface area contributed by atoms with Crippen LogP contribution in [0.25, 0.3) is 0 Å². The van der Waals surface area contributed by atoms with Crippen molar-refractivity contribution < 1.29 is 0 Å². The van der Waals surface area contributed by atoms with Gasteiger partial charge in [0.25, 0.3) is 0 Å². The van der Waals surface area contributed by atoms with E-state index in [2.05, 4.69) is 49.6 Å². The van der Waals surface area contributed by atoms with Crippen LogP contribution in [0.5, 0.6) is 0 Å². The van der Waals surface area contributed by atoms with Crippen LogP contribution < -0.4 is 5.32 Å². The SMILES string of the molecule is Cn1cnnc1CNC1CCc2cc(Br)ccc2C1.